The smallest absolute Gasteiger partial charge is 0.227 e. The zero-order valence-electron chi connectivity index (χ0n) is 15.4. The molecule has 0 fully saturated rings. The number of hydrogen-bond donors (Lipinski definition) is 1. The fourth-order valence-electron chi connectivity index (χ4n) is 2.94. The average molecular weight is 346 g/mol. The number of nitrogens with one attached hydrogen (secondary N) is 1. The lowest BCUT2D eigenvalue weighted by Crippen LogP contribution is -2.41. The van der Waals surface area contributed by atoms with Crippen LogP contribution in [0.2, 0.25) is 0 Å². The Hall–Kier alpha value is -2.25. The lowest BCUT2D eigenvalue weighted by molar-refractivity contribution is -0.122. The summed E-state index contributed by atoms with van der Waals surface area (Å²) in [5.41, 5.74) is -0.153. The number of rotatable bonds is 5. The van der Waals surface area contributed by atoms with Crippen LogP contribution in [0.3, 0.4) is 0 Å². The predicted octanol–water partition coefficient (Wildman–Crippen LogP) is 1.58. The molecule has 0 aromatic carbocycles. The lowest BCUT2D eigenvalue weighted by Gasteiger charge is -2.25. The highest BCUT2D eigenvalue weighted by Crippen LogP contribution is 2.19. The average Bonchev–Trinajstić information content (AvgIpc) is 3.19. The number of carbonyl (C=O) groups is 1. The molecule has 1 aliphatic heterocycles. The summed E-state index contributed by atoms with van der Waals surface area (Å²) in [6.07, 6.45) is 3.39. The maximum Gasteiger partial charge on any atom is 0.227 e. The molecule has 0 bridgehead atoms. The second kappa shape index (κ2) is 6.93. The van der Waals surface area contributed by atoms with E-state index in [-0.39, 0.29) is 17.4 Å². The fraction of sp³-hybridized carbons (Fsp3) is 0.706. The number of aromatic nitrogens is 5. The van der Waals surface area contributed by atoms with Crippen LogP contribution in [0.1, 0.15) is 63.9 Å². The van der Waals surface area contributed by atoms with Crippen molar-refractivity contribution in [2.75, 3.05) is 0 Å². The summed E-state index contributed by atoms with van der Waals surface area (Å²) in [4.78, 5) is 16.6. The number of carbonyl (C=O) groups excluding carboxylic acids is 1. The highest BCUT2D eigenvalue weighted by atomic mass is 16.5. The summed E-state index contributed by atoms with van der Waals surface area (Å²) in [5, 5.41) is 15.5. The van der Waals surface area contributed by atoms with E-state index in [0.717, 1.165) is 37.5 Å². The first-order valence-corrected chi connectivity index (χ1v) is 8.90. The molecule has 0 spiro atoms. The third kappa shape index (κ3) is 4.05. The van der Waals surface area contributed by atoms with Crippen molar-refractivity contribution < 1.29 is 9.32 Å². The highest BCUT2D eigenvalue weighted by molar-refractivity contribution is 5.76. The van der Waals surface area contributed by atoms with Crippen LogP contribution in [0.15, 0.2) is 4.52 Å². The van der Waals surface area contributed by atoms with Gasteiger partial charge < -0.3 is 14.4 Å². The van der Waals surface area contributed by atoms with Gasteiger partial charge in [0.2, 0.25) is 11.8 Å². The fourth-order valence-corrected chi connectivity index (χ4v) is 2.94. The van der Waals surface area contributed by atoms with Crippen LogP contribution in [-0.2, 0) is 36.0 Å². The Balaban J connectivity index is 1.51. The van der Waals surface area contributed by atoms with Crippen LogP contribution in [0, 0.1) is 0 Å². The van der Waals surface area contributed by atoms with Gasteiger partial charge in [0.05, 0.1) is 0 Å². The summed E-state index contributed by atoms with van der Waals surface area (Å²) >= 11 is 0. The lowest BCUT2D eigenvalue weighted by atomic mass is 9.96. The Morgan fingerprint density at radius 1 is 1.36 bits per heavy atom. The molecule has 0 saturated carbocycles. The van der Waals surface area contributed by atoms with Crippen LogP contribution in [0.25, 0.3) is 0 Å². The van der Waals surface area contributed by atoms with E-state index in [9.17, 15) is 4.79 Å². The minimum atomic E-state index is -0.153. The van der Waals surface area contributed by atoms with Gasteiger partial charge in [-0.15, -0.1) is 10.2 Å². The maximum atomic E-state index is 12.3. The van der Waals surface area contributed by atoms with Gasteiger partial charge in [-0.25, -0.2) is 0 Å². The number of aryl methyl sites for hydroxylation is 3. The number of fused-ring (bicyclic) bond motifs is 1. The van der Waals surface area contributed by atoms with E-state index in [1.54, 1.807) is 0 Å². The van der Waals surface area contributed by atoms with Gasteiger partial charge in [0.1, 0.15) is 11.6 Å². The number of nitrogens with zero attached hydrogens (tertiary/aromatic N) is 5. The summed E-state index contributed by atoms with van der Waals surface area (Å²) in [6, 6.07) is 0.120. The third-order valence-electron chi connectivity index (χ3n) is 4.41. The zero-order valence-corrected chi connectivity index (χ0v) is 15.4. The molecular formula is C17H26N6O2. The third-order valence-corrected chi connectivity index (χ3v) is 4.41. The minimum absolute atomic E-state index is 0.00933. The van der Waals surface area contributed by atoms with Gasteiger partial charge in [-0.3, -0.25) is 4.79 Å². The number of hydrogen-bond acceptors (Lipinski definition) is 6. The van der Waals surface area contributed by atoms with Crippen LogP contribution < -0.4 is 5.32 Å². The van der Waals surface area contributed by atoms with E-state index >= 15 is 0 Å². The maximum absolute atomic E-state index is 12.3. The van der Waals surface area contributed by atoms with Crippen molar-refractivity contribution in [1.82, 2.24) is 30.2 Å². The first kappa shape index (κ1) is 17.6. The summed E-state index contributed by atoms with van der Waals surface area (Å²) < 4.78 is 7.36. The van der Waals surface area contributed by atoms with E-state index in [1.165, 1.54) is 0 Å². The second-order valence-corrected chi connectivity index (χ2v) is 7.56. The standard InChI is InChI=1S/C17H26N6O2/c1-5-12-20-21-13-7-6-11(10-23(12)13)18-14(24)8-9-15-19-16(22-25-15)17(2,3)4/h11H,5-10H2,1-4H3,(H,18,24)/t11-/m0/s1. The first-order valence-electron chi connectivity index (χ1n) is 8.90. The van der Waals surface area contributed by atoms with Gasteiger partial charge in [-0.05, 0) is 6.42 Å². The van der Waals surface area contributed by atoms with Crippen molar-refractivity contribution in [3.63, 3.8) is 0 Å². The molecular weight excluding hydrogens is 320 g/mol. The van der Waals surface area contributed by atoms with Gasteiger partial charge in [0.15, 0.2) is 5.82 Å². The van der Waals surface area contributed by atoms with E-state index in [0.29, 0.717) is 24.6 Å². The molecule has 0 aliphatic carbocycles. The van der Waals surface area contributed by atoms with Gasteiger partial charge >= 0.3 is 0 Å². The summed E-state index contributed by atoms with van der Waals surface area (Å²) in [5.74, 6) is 3.19. The molecule has 3 rings (SSSR count). The van der Waals surface area contributed by atoms with Crippen LogP contribution in [0.5, 0.6) is 0 Å². The molecule has 1 amide bonds. The van der Waals surface area contributed by atoms with Crippen LogP contribution in [0.4, 0.5) is 0 Å². The van der Waals surface area contributed by atoms with Crippen molar-refractivity contribution in [3.8, 4) is 0 Å². The molecule has 136 valence electrons. The van der Waals surface area contributed by atoms with Gasteiger partial charge in [-0.2, -0.15) is 4.98 Å². The molecule has 0 radical (unpaired) electrons. The van der Waals surface area contributed by atoms with Gasteiger partial charge in [0, 0.05) is 43.7 Å². The molecule has 2 aromatic heterocycles. The Morgan fingerprint density at radius 3 is 2.84 bits per heavy atom. The second-order valence-electron chi connectivity index (χ2n) is 7.56. The highest BCUT2D eigenvalue weighted by Gasteiger charge is 2.24. The van der Waals surface area contributed by atoms with E-state index in [2.05, 4.69) is 37.1 Å². The molecule has 0 saturated heterocycles. The number of amides is 1. The Morgan fingerprint density at radius 2 is 2.16 bits per heavy atom. The largest absolute Gasteiger partial charge is 0.352 e. The zero-order chi connectivity index (χ0) is 18.0. The van der Waals surface area contributed by atoms with Crippen LogP contribution in [-0.4, -0.2) is 36.9 Å². The summed E-state index contributed by atoms with van der Waals surface area (Å²) in [7, 11) is 0. The Labute approximate surface area is 147 Å². The molecule has 1 aliphatic rings. The van der Waals surface area contributed by atoms with Crippen molar-refractivity contribution in [3.05, 3.63) is 23.4 Å². The van der Waals surface area contributed by atoms with E-state index in [4.69, 9.17) is 4.52 Å². The first-order chi connectivity index (χ1) is 11.9. The topological polar surface area (TPSA) is 98.7 Å². The van der Waals surface area contributed by atoms with E-state index in [1.807, 2.05) is 20.8 Å². The predicted molar refractivity (Wildman–Crippen MR) is 91.0 cm³/mol. The Kier molecular flexibility index (Phi) is 4.87. The van der Waals surface area contributed by atoms with Crippen molar-refractivity contribution >= 4 is 5.91 Å². The Bertz CT molecular complexity index is 729. The molecule has 1 N–H and O–H groups in total. The molecule has 1 atom stereocenters. The summed E-state index contributed by atoms with van der Waals surface area (Å²) in [6.45, 7) is 8.89. The molecule has 8 heteroatoms. The van der Waals surface area contributed by atoms with Crippen molar-refractivity contribution in [1.29, 1.82) is 0 Å². The minimum Gasteiger partial charge on any atom is -0.352 e. The quantitative estimate of drug-likeness (QED) is 0.882. The monoisotopic (exact) mass is 346 g/mol. The molecule has 2 aromatic rings. The van der Waals surface area contributed by atoms with Crippen molar-refractivity contribution in [2.24, 2.45) is 0 Å². The molecule has 0 unspecified atom stereocenters. The molecule has 3 heterocycles. The van der Waals surface area contributed by atoms with Crippen LogP contribution >= 0.6 is 0 Å². The van der Waals surface area contributed by atoms with Gasteiger partial charge in [-0.1, -0.05) is 32.9 Å². The normalized spacial score (nSPS) is 17.4. The van der Waals surface area contributed by atoms with Gasteiger partial charge in [0.25, 0.3) is 0 Å². The van der Waals surface area contributed by atoms with E-state index < -0.39 is 0 Å². The molecule has 8 nitrogen and oxygen atoms in total. The molecule has 25 heavy (non-hydrogen) atoms. The SMILES string of the molecule is CCc1nnc2n1C[C@@H](NC(=O)CCc1nc(C(C)(C)C)no1)CC2. The van der Waals surface area contributed by atoms with Crippen molar-refractivity contribution in [2.45, 2.75) is 77.8 Å².